The fourth-order valence-corrected chi connectivity index (χ4v) is 5.14. The molecule has 1 fully saturated rings. The molecule has 2 heterocycles. The minimum absolute atomic E-state index is 0.613. The standard InChI is InChI=1S/C23H26N2/c1-16(13-17-7-3-2-4-8-17)25-14-18-11-12-22-23(20(18)15-25)19-9-5-6-10-21(19)24-22/h2-10,16,18,20,24H,11-15H2,1H3. The molecule has 0 spiro atoms. The summed E-state index contributed by atoms with van der Waals surface area (Å²) in [6.45, 7) is 4.88. The third-order valence-electron chi connectivity index (χ3n) is 6.43. The van der Waals surface area contributed by atoms with Crippen LogP contribution in [-0.2, 0) is 12.8 Å². The van der Waals surface area contributed by atoms with Gasteiger partial charge in [0.15, 0.2) is 0 Å². The van der Waals surface area contributed by atoms with Crippen LogP contribution < -0.4 is 0 Å². The number of hydrogen-bond acceptors (Lipinski definition) is 1. The van der Waals surface area contributed by atoms with E-state index in [-0.39, 0.29) is 0 Å². The summed E-state index contributed by atoms with van der Waals surface area (Å²) in [5.41, 5.74) is 5.91. The Morgan fingerprint density at radius 1 is 1.04 bits per heavy atom. The Kier molecular flexibility index (Phi) is 3.67. The molecule has 0 radical (unpaired) electrons. The van der Waals surface area contributed by atoms with Crippen molar-refractivity contribution in [1.82, 2.24) is 9.88 Å². The smallest absolute Gasteiger partial charge is 0.0459 e. The molecule has 2 aromatic carbocycles. The lowest BCUT2D eigenvalue weighted by atomic mass is 9.79. The van der Waals surface area contributed by atoms with Gasteiger partial charge < -0.3 is 4.98 Å². The zero-order valence-electron chi connectivity index (χ0n) is 14.9. The zero-order valence-corrected chi connectivity index (χ0v) is 14.9. The molecule has 2 heteroatoms. The molecular formula is C23H26N2. The van der Waals surface area contributed by atoms with E-state index >= 15 is 0 Å². The molecule has 1 aliphatic heterocycles. The van der Waals surface area contributed by atoms with Crippen LogP contribution >= 0.6 is 0 Å². The molecular weight excluding hydrogens is 304 g/mol. The number of benzene rings is 2. The van der Waals surface area contributed by atoms with Crippen LogP contribution in [0.1, 0.15) is 36.1 Å². The number of para-hydroxylation sites is 1. The van der Waals surface area contributed by atoms with Crippen molar-refractivity contribution in [3.63, 3.8) is 0 Å². The van der Waals surface area contributed by atoms with Crippen molar-refractivity contribution < 1.29 is 0 Å². The topological polar surface area (TPSA) is 19.0 Å². The van der Waals surface area contributed by atoms with Crippen LogP contribution in [0.15, 0.2) is 54.6 Å². The predicted octanol–water partition coefficient (Wildman–Crippen LogP) is 4.76. The van der Waals surface area contributed by atoms with Crippen molar-refractivity contribution >= 4 is 10.9 Å². The maximum atomic E-state index is 3.69. The second kappa shape index (κ2) is 6.03. The van der Waals surface area contributed by atoms with Gasteiger partial charge in [0.2, 0.25) is 0 Å². The Morgan fingerprint density at radius 2 is 1.84 bits per heavy atom. The Hall–Kier alpha value is -2.06. The number of aromatic amines is 1. The summed E-state index contributed by atoms with van der Waals surface area (Å²) in [4.78, 5) is 6.43. The van der Waals surface area contributed by atoms with E-state index in [1.807, 2.05) is 0 Å². The summed E-state index contributed by atoms with van der Waals surface area (Å²) in [7, 11) is 0. The zero-order chi connectivity index (χ0) is 16.8. The number of hydrogen-bond donors (Lipinski definition) is 1. The lowest BCUT2D eigenvalue weighted by Gasteiger charge is -2.25. The van der Waals surface area contributed by atoms with Crippen molar-refractivity contribution in [2.45, 2.75) is 38.1 Å². The van der Waals surface area contributed by atoms with Gasteiger partial charge in [0.25, 0.3) is 0 Å². The Bertz CT molecular complexity index is 880. The average molecular weight is 330 g/mol. The number of aryl methyl sites for hydroxylation is 1. The van der Waals surface area contributed by atoms with E-state index in [4.69, 9.17) is 0 Å². The van der Waals surface area contributed by atoms with Gasteiger partial charge in [-0.2, -0.15) is 0 Å². The van der Waals surface area contributed by atoms with Crippen molar-refractivity contribution in [3.05, 3.63) is 71.4 Å². The minimum atomic E-state index is 0.613. The molecule has 0 bridgehead atoms. The van der Waals surface area contributed by atoms with Gasteiger partial charge in [-0.05, 0) is 49.3 Å². The first-order valence-corrected chi connectivity index (χ1v) is 9.67. The molecule has 0 saturated carbocycles. The van der Waals surface area contributed by atoms with E-state index in [2.05, 4.69) is 71.4 Å². The first kappa shape index (κ1) is 15.2. The second-order valence-corrected chi connectivity index (χ2v) is 7.96. The maximum absolute atomic E-state index is 3.69. The number of aromatic nitrogens is 1. The van der Waals surface area contributed by atoms with E-state index in [1.54, 1.807) is 5.56 Å². The summed E-state index contributed by atoms with van der Waals surface area (Å²) in [5.74, 6) is 1.53. The highest BCUT2D eigenvalue weighted by molar-refractivity contribution is 5.85. The van der Waals surface area contributed by atoms with Crippen LogP contribution in [0.4, 0.5) is 0 Å². The molecule has 3 atom stereocenters. The van der Waals surface area contributed by atoms with Crippen LogP contribution in [0.2, 0.25) is 0 Å². The van der Waals surface area contributed by atoms with Gasteiger partial charge in [0.1, 0.15) is 0 Å². The van der Waals surface area contributed by atoms with Crippen LogP contribution in [0.25, 0.3) is 10.9 Å². The fourth-order valence-electron chi connectivity index (χ4n) is 5.14. The van der Waals surface area contributed by atoms with Crippen molar-refractivity contribution in [2.24, 2.45) is 5.92 Å². The lowest BCUT2D eigenvalue weighted by Crippen LogP contribution is -2.32. The van der Waals surface area contributed by atoms with Crippen molar-refractivity contribution in [2.75, 3.05) is 13.1 Å². The van der Waals surface area contributed by atoms with Gasteiger partial charge in [-0.25, -0.2) is 0 Å². The number of likely N-dealkylation sites (tertiary alicyclic amines) is 1. The monoisotopic (exact) mass is 330 g/mol. The molecule has 1 N–H and O–H groups in total. The number of H-pyrrole nitrogens is 1. The molecule has 2 aliphatic rings. The van der Waals surface area contributed by atoms with Crippen LogP contribution in [0.5, 0.6) is 0 Å². The third-order valence-corrected chi connectivity index (χ3v) is 6.43. The molecule has 3 aromatic rings. The second-order valence-electron chi connectivity index (χ2n) is 7.96. The number of nitrogens with zero attached hydrogens (tertiary/aromatic N) is 1. The third kappa shape index (κ3) is 2.60. The average Bonchev–Trinajstić information content (AvgIpc) is 3.23. The van der Waals surface area contributed by atoms with E-state index in [0.717, 1.165) is 12.3 Å². The highest BCUT2D eigenvalue weighted by Crippen LogP contribution is 2.45. The van der Waals surface area contributed by atoms with Gasteiger partial charge in [-0.1, -0.05) is 48.5 Å². The van der Waals surface area contributed by atoms with Gasteiger partial charge in [0.05, 0.1) is 0 Å². The van der Waals surface area contributed by atoms with Crippen LogP contribution in [0.3, 0.4) is 0 Å². The molecule has 1 saturated heterocycles. The Labute approximate surface area is 149 Å². The van der Waals surface area contributed by atoms with Crippen LogP contribution in [-0.4, -0.2) is 29.0 Å². The fraction of sp³-hybridized carbons (Fsp3) is 0.391. The van der Waals surface area contributed by atoms with Crippen molar-refractivity contribution in [1.29, 1.82) is 0 Å². The highest BCUT2D eigenvalue weighted by atomic mass is 15.2. The van der Waals surface area contributed by atoms with Gasteiger partial charge in [0, 0.05) is 41.6 Å². The van der Waals surface area contributed by atoms with E-state index < -0.39 is 0 Å². The highest BCUT2D eigenvalue weighted by Gasteiger charge is 2.40. The van der Waals surface area contributed by atoms with E-state index in [1.165, 1.54) is 48.1 Å². The molecule has 3 unspecified atom stereocenters. The normalized spacial score (nSPS) is 24.2. The summed E-state index contributed by atoms with van der Waals surface area (Å²) >= 11 is 0. The first-order chi connectivity index (χ1) is 12.3. The minimum Gasteiger partial charge on any atom is -0.358 e. The first-order valence-electron chi connectivity index (χ1n) is 9.67. The number of fused-ring (bicyclic) bond motifs is 5. The molecule has 128 valence electrons. The SMILES string of the molecule is CC(Cc1ccccc1)N1CC2CCc3[nH]c4ccccc4c3C2C1. The number of rotatable bonds is 3. The van der Waals surface area contributed by atoms with Gasteiger partial charge in [-0.15, -0.1) is 0 Å². The van der Waals surface area contributed by atoms with E-state index in [9.17, 15) is 0 Å². The molecule has 0 amide bonds. The summed E-state index contributed by atoms with van der Waals surface area (Å²) in [6.07, 6.45) is 3.70. The summed E-state index contributed by atoms with van der Waals surface area (Å²) in [5, 5.41) is 1.46. The molecule has 1 aliphatic carbocycles. The largest absolute Gasteiger partial charge is 0.358 e. The molecule has 25 heavy (non-hydrogen) atoms. The Balaban J connectivity index is 1.41. The van der Waals surface area contributed by atoms with Gasteiger partial charge >= 0.3 is 0 Å². The maximum Gasteiger partial charge on any atom is 0.0459 e. The molecule has 1 aromatic heterocycles. The quantitative estimate of drug-likeness (QED) is 0.733. The van der Waals surface area contributed by atoms with E-state index in [0.29, 0.717) is 12.0 Å². The summed E-state index contributed by atoms with van der Waals surface area (Å²) in [6, 6.07) is 20.4. The summed E-state index contributed by atoms with van der Waals surface area (Å²) < 4.78 is 0. The van der Waals surface area contributed by atoms with Gasteiger partial charge in [-0.3, -0.25) is 4.90 Å². The predicted molar refractivity (Wildman–Crippen MR) is 104 cm³/mol. The molecule has 2 nitrogen and oxygen atoms in total. The molecule has 5 rings (SSSR count). The lowest BCUT2D eigenvalue weighted by molar-refractivity contribution is 0.246. The Morgan fingerprint density at radius 3 is 2.72 bits per heavy atom. The van der Waals surface area contributed by atoms with Crippen LogP contribution in [0, 0.1) is 5.92 Å². The van der Waals surface area contributed by atoms with Crippen molar-refractivity contribution in [3.8, 4) is 0 Å². The number of nitrogens with one attached hydrogen (secondary N) is 1.